The molecule has 17 heavy (non-hydrogen) atoms. The van der Waals surface area contributed by atoms with Crippen LogP contribution >= 0.6 is 0 Å². The Morgan fingerprint density at radius 2 is 2.29 bits per heavy atom. The van der Waals surface area contributed by atoms with Crippen molar-refractivity contribution in [1.82, 2.24) is 4.98 Å². The van der Waals surface area contributed by atoms with E-state index in [2.05, 4.69) is 9.88 Å². The van der Waals surface area contributed by atoms with Crippen molar-refractivity contribution in [2.45, 2.75) is 38.6 Å². The minimum absolute atomic E-state index is 0.162. The van der Waals surface area contributed by atoms with Crippen LogP contribution in [0.2, 0.25) is 0 Å². The Morgan fingerprint density at radius 1 is 1.47 bits per heavy atom. The number of aliphatic hydroxyl groups is 1. The highest BCUT2D eigenvalue weighted by atomic mass is 16.3. The number of hydrogen-bond acceptors (Lipinski definition) is 4. The van der Waals surface area contributed by atoms with Crippen LogP contribution in [0.5, 0.6) is 0 Å². The summed E-state index contributed by atoms with van der Waals surface area (Å²) in [4.78, 5) is 6.60. The molecule has 94 valence electrons. The van der Waals surface area contributed by atoms with Crippen molar-refractivity contribution < 1.29 is 5.11 Å². The van der Waals surface area contributed by atoms with Crippen molar-refractivity contribution >= 4 is 11.5 Å². The maximum absolute atomic E-state index is 9.48. The van der Waals surface area contributed by atoms with Crippen molar-refractivity contribution in [3.05, 3.63) is 17.8 Å². The monoisotopic (exact) mass is 235 g/mol. The van der Waals surface area contributed by atoms with Crippen LogP contribution in [-0.2, 0) is 0 Å². The van der Waals surface area contributed by atoms with E-state index in [4.69, 9.17) is 5.73 Å². The maximum Gasteiger partial charge on any atom is 0.152 e. The van der Waals surface area contributed by atoms with E-state index in [-0.39, 0.29) is 12.6 Å². The molecule has 0 aromatic carbocycles. The first kappa shape index (κ1) is 12.2. The first-order valence-electron chi connectivity index (χ1n) is 6.32. The molecule has 0 aliphatic carbocycles. The molecule has 2 heterocycles. The summed E-state index contributed by atoms with van der Waals surface area (Å²) >= 11 is 0. The van der Waals surface area contributed by atoms with Gasteiger partial charge in [0, 0.05) is 12.7 Å². The molecule has 0 saturated carbocycles. The van der Waals surface area contributed by atoms with Crippen LogP contribution in [-0.4, -0.2) is 29.3 Å². The summed E-state index contributed by atoms with van der Waals surface area (Å²) in [5.74, 6) is 0.830. The average molecular weight is 235 g/mol. The molecule has 0 radical (unpaired) electrons. The lowest BCUT2D eigenvalue weighted by Gasteiger charge is -2.30. The molecule has 1 aromatic rings. The minimum Gasteiger partial charge on any atom is -0.396 e. The SMILES string of the molecule is Cc1cnc(N2CCCCCC2CO)c(N)c1. The fraction of sp³-hybridized carbons (Fsp3) is 0.615. The number of nitrogen functional groups attached to an aromatic ring is 1. The molecule has 1 aromatic heterocycles. The highest BCUT2D eigenvalue weighted by Crippen LogP contribution is 2.27. The summed E-state index contributed by atoms with van der Waals surface area (Å²) in [6.45, 7) is 3.10. The highest BCUT2D eigenvalue weighted by Gasteiger charge is 2.22. The Balaban J connectivity index is 2.28. The van der Waals surface area contributed by atoms with E-state index in [1.54, 1.807) is 0 Å². The summed E-state index contributed by atoms with van der Waals surface area (Å²) in [5.41, 5.74) is 7.82. The third-order valence-electron chi connectivity index (χ3n) is 3.39. The molecule has 2 rings (SSSR count). The Bertz CT molecular complexity index is 381. The van der Waals surface area contributed by atoms with Crippen LogP contribution in [0.1, 0.15) is 31.2 Å². The zero-order valence-corrected chi connectivity index (χ0v) is 10.4. The average Bonchev–Trinajstić information content (AvgIpc) is 2.54. The van der Waals surface area contributed by atoms with Gasteiger partial charge in [-0.1, -0.05) is 12.8 Å². The predicted molar refractivity (Wildman–Crippen MR) is 70.1 cm³/mol. The Morgan fingerprint density at radius 3 is 3.00 bits per heavy atom. The number of aliphatic hydroxyl groups excluding tert-OH is 1. The lowest BCUT2D eigenvalue weighted by molar-refractivity contribution is 0.254. The zero-order chi connectivity index (χ0) is 12.3. The second-order valence-electron chi connectivity index (χ2n) is 4.80. The lowest BCUT2D eigenvalue weighted by atomic mass is 10.1. The van der Waals surface area contributed by atoms with Gasteiger partial charge in [-0.3, -0.25) is 0 Å². The van der Waals surface area contributed by atoms with Gasteiger partial charge >= 0.3 is 0 Å². The Kier molecular flexibility index (Phi) is 3.84. The van der Waals surface area contributed by atoms with Gasteiger partial charge in [-0.15, -0.1) is 0 Å². The molecular weight excluding hydrogens is 214 g/mol. The number of anilines is 2. The van der Waals surface area contributed by atoms with Crippen molar-refractivity contribution in [3.8, 4) is 0 Å². The molecular formula is C13H21N3O. The van der Waals surface area contributed by atoms with Crippen LogP contribution in [0.3, 0.4) is 0 Å². The van der Waals surface area contributed by atoms with Crippen molar-refractivity contribution in [1.29, 1.82) is 0 Å². The molecule has 1 fully saturated rings. The van der Waals surface area contributed by atoms with E-state index in [1.165, 1.54) is 12.8 Å². The Hall–Kier alpha value is -1.29. The minimum atomic E-state index is 0.162. The summed E-state index contributed by atoms with van der Waals surface area (Å²) < 4.78 is 0. The van der Waals surface area contributed by atoms with Gasteiger partial charge in [0.1, 0.15) is 0 Å². The second-order valence-corrected chi connectivity index (χ2v) is 4.80. The lowest BCUT2D eigenvalue weighted by Crippen LogP contribution is -2.38. The molecule has 4 nitrogen and oxygen atoms in total. The number of aryl methyl sites for hydroxylation is 1. The first-order chi connectivity index (χ1) is 8.22. The maximum atomic E-state index is 9.48. The topological polar surface area (TPSA) is 62.4 Å². The van der Waals surface area contributed by atoms with Gasteiger partial charge in [-0.25, -0.2) is 4.98 Å². The zero-order valence-electron chi connectivity index (χ0n) is 10.4. The van der Waals surface area contributed by atoms with E-state index >= 15 is 0 Å². The van der Waals surface area contributed by atoms with E-state index < -0.39 is 0 Å². The largest absolute Gasteiger partial charge is 0.396 e. The standard InChI is InChI=1S/C13H21N3O/c1-10-7-12(14)13(15-8-10)16-6-4-2-3-5-11(16)9-17/h7-8,11,17H,2-6,9,14H2,1H3. The normalized spacial score (nSPS) is 21.3. The fourth-order valence-electron chi connectivity index (χ4n) is 2.47. The quantitative estimate of drug-likeness (QED) is 0.819. The summed E-state index contributed by atoms with van der Waals surface area (Å²) in [5, 5.41) is 9.48. The van der Waals surface area contributed by atoms with Gasteiger partial charge in [0.15, 0.2) is 5.82 Å². The van der Waals surface area contributed by atoms with Gasteiger partial charge in [-0.2, -0.15) is 0 Å². The number of hydrogen-bond donors (Lipinski definition) is 2. The van der Waals surface area contributed by atoms with Crippen LogP contribution in [0, 0.1) is 6.92 Å². The molecule has 1 unspecified atom stereocenters. The number of pyridine rings is 1. The fourth-order valence-corrected chi connectivity index (χ4v) is 2.47. The summed E-state index contributed by atoms with van der Waals surface area (Å²) in [6, 6.07) is 2.11. The molecule has 0 spiro atoms. The first-order valence-corrected chi connectivity index (χ1v) is 6.32. The molecule has 1 aliphatic heterocycles. The smallest absolute Gasteiger partial charge is 0.152 e. The van der Waals surface area contributed by atoms with Crippen molar-refractivity contribution in [2.24, 2.45) is 0 Å². The molecule has 1 saturated heterocycles. The molecule has 0 bridgehead atoms. The molecule has 3 N–H and O–H groups in total. The van der Waals surface area contributed by atoms with Gasteiger partial charge in [0.05, 0.1) is 18.3 Å². The number of rotatable bonds is 2. The van der Waals surface area contributed by atoms with E-state index in [0.717, 1.165) is 30.8 Å². The highest BCUT2D eigenvalue weighted by molar-refractivity contribution is 5.63. The van der Waals surface area contributed by atoms with Crippen molar-refractivity contribution in [2.75, 3.05) is 23.8 Å². The van der Waals surface area contributed by atoms with Gasteiger partial charge < -0.3 is 15.7 Å². The molecule has 1 atom stereocenters. The van der Waals surface area contributed by atoms with Gasteiger partial charge in [0.25, 0.3) is 0 Å². The third kappa shape index (κ3) is 2.69. The van der Waals surface area contributed by atoms with Gasteiger partial charge in [-0.05, 0) is 31.4 Å². The summed E-state index contributed by atoms with van der Waals surface area (Å²) in [6.07, 6.45) is 6.40. The Labute approximate surface area is 102 Å². The van der Waals surface area contributed by atoms with Crippen LogP contribution in [0.15, 0.2) is 12.3 Å². The van der Waals surface area contributed by atoms with E-state index in [9.17, 15) is 5.11 Å². The third-order valence-corrected chi connectivity index (χ3v) is 3.39. The van der Waals surface area contributed by atoms with Crippen molar-refractivity contribution in [3.63, 3.8) is 0 Å². The number of aromatic nitrogens is 1. The molecule has 0 amide bonds. The predicted octanol–water partition coefficient (Wildman–Crippen LogP) is 1.71. The van der Waals surface area contributed by atoms with Gasteiger partial charge in [0.2, 0.25) is 0 Å². The van der Waals surface area contributed by atoms with Crippen LogP contribution in [0.25, 0.3) is 0 Å². The summed E-state index contributed by atoms with van der Waals surface area (Å²) in [7, 11) is 0. The van der Waals surface area contributed by atoms with Crippen LogP contribution < -0.4 is 10.6 Å². The molecule has 1 aliphatic rings. The van der Waals surface area contributed by atoms with E-state index in [0.29, 0.717) is 5.69 Å². The number of nitrogens with zero attached hydrogens (tertiary/aromatic N) is 2. The number of nitrogens with two attached hydrogens (primary N) is 1. The molecule has 4 heteroatoms. The van der Waals surface area contributed by atoms with Crippen LogP contribution in [0.4, 0.5) is 11.5 Å². The van der Waals surface area contributed by atoms with E-state index in [1.807, 2.05) is 19.2 Å². The second kappa shape index (κ2) is 5.36.